The molecular formula is C15H28N2O2. The third kappa shape index (κ3) is 4.10. The second-order valence-electron chi connectivity index (χ2n) is 6.51. The summed E-state index contributed by atoms with van der Waals surface area (Å²) < 4.78 is 4.77. The average Bonchev–Trinajstić information content (AvgIpc) is 2.37. The first kappa shape index (κ1) is 14.6. The number of rotatable bonds is 2. The number of amides is 1. The number of likely N-dealkylation sites (tertiary alicyclic amines) is 1. The molecule has 0 spiro atoms. The predicted octanol–water partition coefficient (Wildman–Crippen LogP) is 2.63. The van der Waals surface area contributed by atoms with E-state index >= 15 is 0 Å². The van der Waals surface area contributed by atoms with Gasteiger partial charge in [0.25, 0.3) is 0 Å². The Labute approximate surface area is 116 Å². The van der Waals surface area contributed by atoms with Crippen molar-refractivity contribution in [2.24, 2.45) is 11.8 Å². The van der Waals surface area contributed by atoms with Gasteiger partial charge in [0.1, 0.15) is 0 Å². The molecule has 4 nitrogen and oxygen atoms in total. The van der Waals surface area contributed by atoms with Crippen molar-refractivity contribution in [1.29, 1.82) is 0 Å². The predicted molar refractivity (Wildman–Crippen MR) is 76.1 cm³/mol. The maximum Gasteiger partial charge on any atom is 0.409 e. The number of hydrogen-bond acceptors (Lipinski definition) is 3. The fraction of sp³-hybridized carbons (Fsp3) is 0.933. The number of nitrogens with zero attached hydrogens (tertiary/aromatic N) is 1. The lowest BCUT2D eigenvalue weighted by atomic mass is 9.80. The maximum atomic E-state index is 11.4. The van der Waals surface area contributed by atoms with Gasteiger partial charge in [-0.15, -0.1) is 0 Å². The minimum Gasteiger partial charge on any atom is -0.453 e. The molecule has 1 heterocycles. The van der Waals surface area contributed by atoms with Crippen LogP contribution < -0.4 is 5.32 Å². The van der Waals surface area contributed by atoms with Crippen LogP contribution in [0.2, 0.25) is 0 Å². The van der Waals surface area contributed by atoms with Gasteiger partial charge < -0.3 is 15.0 Å². The molecular weight excluding hydrogens is 240 g/mol. The smallest absolute Gasteiger partial charge is 0.409 e. The number of nitrogens with one attached hydrogen (secondary N) is 1. The molecule has 0 aromatic carbocycles. The molecule has 2 atom stereocenters. The van der Waals surface area contributed by atoms with E-state index in [0.717, 1.165) is 37.8 Å². The summed E-state index contributed by atoms with van der Waals surface area (Å²) in [6.07, 6.45) is 5.91. The first-order chi connectivity index (χ1) is 9.08. The molecule has 2 unspecified atom stereocenters. The van der Waals surface area contributed by atoms with E-state index in [0.29, 0.717) is 12.1 Å². The number of carbonyl (C=O) groups is 1. The van der Waals surface area contributed by atoms with Crippen LogP contribution in [0.15, 0.2) is 0 Å². The molecule has 0 bridgehead atoms. The van der Waals surface area contributed by atoms with Crippen LogP contribution in [0, 0.1) is 11.8 Å². The summed E-state index contributed by atoms with van der Waals surface area (Å²) in [6.45, 7) is 6.37. The molecule has 0 radical (unpaired) electrons. The molecule has 0 aromatic heterocycles. The Morgan fingerprint density at radius 3 is 2.16 bits per heavy atom. The number of piperidine rings is 1. The quantitative estimate of drug-likeness (QED) is 0.837. The van der Waals surface area contributed by atoms with E-state index in [4.69, 9.17) is 4.74 Å². The molecule has 1 aliphatic heterocycles. The number of carbonyl (C=O) groups excluding carboxylic acids is 1. The van der Waals surface area contributed by atoms with Gasteiger partial charge in [0.2, 0.25) is 0 Å². The number of hydrogen-bond donors (Lipinski definition) is 1. The van der Waals surface area contributed by atoms with E-state index in [-0.39, 0.29) is 6.09 Å². The molecule has 2 rings (SSSR count). The fourth-order valence-electron chi connectivity index (χ4n) is 3.77. The highest BCUT2D eigenvalue weighted by molar-refractivity contribution is 5.67. The Hall–Kier alpha value is -0.770. The van der Waals surface area contributed by atoms with Gasteiger partial charge in [-0.2, -0.15) is 0 Å². The highest BCUT2D eigenvalue weighted by Crippen LogP contribution is 2.29. The van der Waals surface area contributed by atoms with Crippen molar-refractivity contribution in [3.05, 3.63) is 0 Å². The molecule has 0 aromatic rings. The average molecular weight is 268 g/mol. The van der Waals surface area contributed by atoms with Gasteiger partial charge in [0, 0.05) is 25.2 Å². The van der Waals surface area contributed by atoms with Crippen molar-refractivity contribution in [3.63, 3.8) is 0 Å². The van der Waals surface area contributed by atoms with E-state index in [9.17, 15) is 4.79 Å². The van der Waals surface area contributed by atoms with E-state index in [1.165, 1.54) is 26.4 Å². The summed E-state index contributed by atoms with van der Waals surface area (Å²) in [7, 11) is 1.46. The fourth-order valence-corrected chi connectivity index (χ4v) is 3.77. The van der Waals surface area contributed by atoms with Crippen molar-refractivity contribution >= 4 is 6.09 Å². The van der Waals surface area contributed by atoms with E-state index in [1.807, 2.05) is 4.90 Å². The third-order valence-corrected chi connectivity index (χ3v) is 4.58. The Bertz CT molecular complexity index is 291. The van der Waals surface area contributed by atoms with Crippen molar-refractivity contribution in [2.75, 3.05) is 20.2 Å². The summed E-state index contributed by atoms with van der Waals surface area (Å²) in [5.41, 5.74) is 0. The zero-order valence-corrected chi connectivity index (χ0v) is 12.5. The summed E-state index contributed by atoms with van der Waals surface area (Å²) in [5, 5.41) is 3.82. The van der Waals surface area contributed by atoms with Crippen molar-refractivity contribution in [2.45, 2.75) is 58.0 Å². The molecule has 1 aliphatic carbocycles. The molecule has 1 saturated carbocycles. The van der Waals surface area contributed by atoms with Crippen molar-refractivity contribution in [1.82, 2.24) is 10.2 Å². The van der Waals surface area contributed by atoms with Gasteiger partial charge in [0.05, 0.1) is 7.11 Å². The standard InChI is InChI=1S/C15H28N2O2/c1-11-8-12(2)10-14(9-11)16-13-4-6-17(7-5-13)15(18)19-3/h11-14,16H,4-10H2,1-3H3. The number of ether oxygens (including phenoxy) is 1. The molecule has 1 saturated heterocycles. The molecule has 4 heteroatoms. The SMILES string of the molecule is COC(=O)N1CCC(NC2CC(C)CC(C)C2)CC1. The topological polar surface area (TPSA) is 41.6 Å². The summed E-state index contributed by atoms with van der Waals surface area (Å²) in [5.74, 6) is 1.69. The lowest BCUT2D eigenvalue weighted by molar-refractivity contribution is 0.106. The van der Waals surface area contributed by atoms with Crippen LogP contribution in [0.4, 0.5) is 4.79 Å². The largest absolute Gasteiger partial charge is 0.453 e. The van der Waals surface area contributed by atoms with Crippen LogP contribution in [-0.4, -0.2) is 43.3 Å². The van der Waals surface area contributed by atoms with Crippen LogP contribution in [0.5, 0.6) is 0 Å². The van der Waals surface area contributed by atoms with Crippen LogP contribution in [0.3, 0.4) is 0 Å². The molecule has 19 heavy (non-hydrogen) atoms. The van der Waals surface area contributed by atoms with Gasteiger partial charge in [-0.3, -0.25) is 0 Å². The van der Waals surface area contributed by atoms with Crippen LogP contribution in [-0.2, 0) is 4.74 Å². The second kappa shape index (κ2) is 6.60. The van der Waals surface area contributed by atoms with Gasteiger partial charge in [-0.05, 0) is 43.9 Å². The van der Waals surface area contributed by atoms with Gasteiger partial charge in [-0.25, -0.2) is 4.79 Å². The van der Waals surface area contributed by atoms with Crippen LogP contribution in [0.1, 0.15) is 46.0 Å². The molecule has 110 valence electrons. The van der Waals surface area contributed by atoms with Gasteiger partial charge >= 0.3 is 6.09 Å². The van der Waals surface area contributed by atoms with Crippen molar-refractivity contribution < 1.29 is 9.53 Å². The molecule has 2 aliphatic rings. The monoisotopic (exact) mass is 268 g/mol. The minimum absolute atomic E-state index is 0.182. The van der Waals surface area contributed by atoms with Crippen LogP contribution in [0.25, 0.3) is 0 Å². The third-order valence-electron chi connectivity index (χ3n) is 4.58. The first-order valence-electron chi connectivity index (χ1n) is 7.67. The molecule has 1 N–H and O–H groups in total. The van der Waals surface area contributed by atoms with Crippen LogP contribution >= 0.6 is 0 Å². The Balaban J connectivity index is 1.74. The lowest BCUT2D eigenvalue weighted by Crippen LogP contribution is -2.49. The van der Waals surface area contributed by atoms with Crippen molar-refractivity contribution in [3.8, 4) is 0 Å². The normalized spacial score (nSPS) is 33.2. The molecule has 1 amide bonds. The highest BCUT2D eigenvalue weighted by atomic mass is 16.5. The summed E-state index contributed by atoms with van der Waals surface area (Å²) in [4.78, 5) is 13.2. The Morgan fingerprint density at radius 1 is 1.05 bits per heavy atom. The second-order valence-corrected chi connectivity index (χ2v) is 6.51. The molecule has 2 fully saturated rings. The van der Waals surface area contributed by atoms with Gasteiger partial charge in [0.15, 0.2) is 0 Å². The first-order valence-corrected chi connectivity index (χ1v) is 7.67. The minimum atomic E-state index is -0.182. The summed E-state index contributed by atoms with van der Waals surface area (Å²) in [6, 6.07) is 1.25. The van der Waals surface area contributed by atoms with E-state index in [2.05, 4.69) is 19.2 Å². The van der Waals surface area contributed by atoms with E-state index in [1.54, 1.807) is 0 Å². The number of methoxy groups -OCH3 is 1. The summed E-state index contributed by atoms with van der Waals surface area (Å²) >= 11 is 0. The highest BCUT2D eigenvalue weighted by Gasteiger charge is 2.28. The zero-order chi connectivity index (χ0) is 13.8. The zero-order valence-electron chi connectivity index (χ0n) is 12.5. The maximum absolute atomic E-state index is 11.4. The Morgan fingerprint density at radius 2 is 1.63 bits per heavy atom. The Kier molecular flexibility index (Phi) is 5.08. The lowest BCUT2D eigenvalue weighted by Gasteiger charge is -2.37. The van der Waals surface area contributed by atoms with Gasteiger partial charge in [-0.1, -0.05) is 13.8 Å². The van der Waals surface area contributed by atoms with E-state index < -0.39 is 0 Å².